The number of carbonyl (C=O) groups is 1. The Morgan fingerprint density at radius 1 is 1.00 bits per heavy atom. The summed E-state index contributed by atoms with van der Waals surface area (Å²) in [6.45, 7) is 0.192. The van der Waals surface area contributed by atoms with Gasteiger partial charge >= 0.3 is 0 Å². The molecule has 1 saturated carbocycles. The van der Waals surface area contributed by atoms with E-state index < -0.39 is 0 Å². The van der Waals surface area contributed by atoms with E-state index in [0.29, 0.717) is 23.2 Å². The third kappa shape index (κ3) is 5.83. The van der Waals surface area contributed by atoms with Crippen LogP contribution in [-0.2, 0) is 11.3 Å². The number of benzene rings is 2. The van der Waals surface area contributed by atoms with Crippen LogP contribution in [0.2, 0.25) is 0 Å². The lowest BCUT2D eigenvalue weighted by molar-refractivity contribution is -0.137. The smallest absolute Gasteiger partial charge is 0.261 e. The highest BCUT2D eigenvalue weighted by molar-refractivity contribution is 5.78. The van der Waals surface area contributed by atoms with Crippen molar-refractivity contribution in [1.82, 2.24) is 15.0 Å². The van der Waals surface area contributed by atoms with E-state index in [2.05, 4.69) is 10.1 Å². The molecule has 0 aliphatic heterocycles. The standard InChI is InChI=1S/C25H29N3O5/c1-30-20-13-11-18(12-14-20)25-26-23(33-27-25)16-28(19-7-4-3-5-8-19)24(29)17-32-22-10-6-9-21(15-22)31-2/h6,9-15,19H,3-5,7-8,16-17H2,1-2H3. The van der Waals surface area contributed by atoms with Crippen LogP contribution in [0.5, 0.6) is 17.2 Å². The van der Waals surface area contributed by atoms with E-state index >= 15 is 0 Å². The van der Waals surface area contributed by atoms with E-state index in [9.17, 15) is 4.79 Å². The molecule has 0 spiro atoms. The van der Waals surface area contributed by atoms with Crippen LogP contribution in [0, 0.1) is 0 Å². The van der Waals surface area contributed by atoms with Gasteiger partial charge in [-0.3, -0.25) is 4.79 Å². The fourth-order valence-electron chi connectivity index (χ4n) is 4.05. The number of hydrogen-bond donors (Lipinski definition) is 0. The molecular formula is C25H29N3O5. The van der Waals surface area contributed by atoms with Crippen molar-refractivity contribution in [2.45, 2.75) is 44.7 Å². The van der Waals surface area contributed by atoms with Crippen molar-refractivity contribution in [3.8, 4) is 28.6 Å². The summed E-state index contributed by atoms with van der Waals surface area (Å²) >= 11 is 0. The quantitative estimate of drug-likeness (QED) is 0.474. The van der Waals surface area contributed by atoms with Crippen molar-refractivity contribution in [2.24, 2.45) is 0 Å². The normalized spacial score (nSPS) is 14.0. The Bertz CT molecular complexity index is 1040. The van der Waals surface area contributed by atoms with Gasteiger partial charge in [0.1, 0.15) is 23.8 Å². The first-order valence-electron chi connectivity index (χ1n) is 11.2. The summed E-state index contributed by atoms with van der Waals surface area (Å²) in [7, 11) is 3.22. The Morgan fingerprint density at radius 3 is 2.45 bits per heavy atom. The van der Waals surface area contributed by atoms with E-state index in [-0.39, 0.29) is 25.1 Å². The highest BCUT2D eigenvalue weighted by atomic mass is 16.5. The van der Waals surface area contributed by atoms with Crippen LogP contribution < -0.4 is 14.2 Å². The summed E-state index contributed by atoms with van der Waals surface area (Å²) in [6.07, 6.45) is 5.33. The number of hydrogen-bond acceptors (Lipinski definition) is 7. The highest BCUT2D eigenvalue weighted by Gasteiger charge is 2.28. The van der Waals surface area contributed by atoms with Crippen LogP contribution in [0.15, 0.2) is 53.1 Å². The van der Waals surface area contributed by atoms with E-state index in [4.69, 9.17) is 18.7 Å². The Labute approximate surface area is 193 Å². The number of aromatic nitrogens is 2. The molecule has 1 amide bonds. The first-order valence-corrected chi connectivity index (χ1v) is 11.2. The molecule has 174 valence electrons. The van der Waals surface area contributed by atoms with E-state index in [0.717, 1.165) is 37.0 Å². The molecular weight excluding hydrogens is 422 g/mol. The molecule has 3 aromatic rings. The monoisotopic (exact) mass is 451 g/mol. The second-order valence-electron chi connectivity index (χ2n) is 8.02. The average molecular weight is 452 g/mol. The zero-order chi connectivity index (χ0) is 23.0. The Balaban J connectivity index is 1.46. The van der Waals surface area contributed by atoms with Crippen LogP contribution >= 0.6 is 0 Å². The fraction of sp³-hybridized carbons (Fsp3) is 0.400. The molecule has 1 fully saturated rings. The first kappa shape index (κ1) is 22.6. The van der Waals surface area contributed by atoms with Crippen molar-refractivity contribution in [1.29, 1.82) is 0 Å². The third-order valence-electron chi connectivity index (χ3n) is 5.86. The molecule has 0 unspecified atom stereocenters. The summed E-state index contributed by atoms with van der Waals surface area (Å²) in [6, 6.07) is 14.8. The van der Waals surface area contributed by atoms with Crippen LogP contribution in [0.4, 0.5) is 0 Å². The van der Waals surface area contributed by atoms with Crippen LogP contribution in [-0.4, -0.2) is 47.8 Å². The minimum Gasteiger partial charge on any atom is -0.497 e. The zero-order valence-electron chi connectivity index (χ0n) is 19.0. The van der Waals surface area contributed by atoms with Gasteiger partial charge in [-0.05, 0) is 49.2 Å². The van der Waals surface area contributed by atoms with Gasteiger partial charge in [0.15, 0.2) is 6.61 Å². The molecule has 8 nitrogen and oxygen atoms in total. The van der Waals surface area contributed by atoms with Crippen molar-refractivity contribution < 1.29 is 23.5 Å². The molecule has 1 heterocycles. The molecule has 33 heavy (non-hydrogen) atoms. The molecule has 4 rings (SSSR count). The summed E-state index contributed by atoms with van der Waals surface area (Å²) in [5, 5.41) is 4.10. The van der Waals surface area contributed by atoms with Gasteiger partial charge in [0.25, 0.3) is 5.91 Å². The lowest BCUT2D eigenvalue weighted by Gasteiger charge is -2.33. The molecule has 1 aromatic heterocycles. The molecule has 1 aliphatic rings. The third-order valence-corrected chi connectivity index (χ3v) is 5.86. The van der Waals surface area contributed by atoms with Crippen molar-refractivity contribution in [3.63, 3.8) is 0 Å². The summed E-state index contributed by atoms with van der Waals surface area (Å²) < 4.78 is 21.7. The van der Waals surface area contributed by atoms with E-state index in [1.54, 1.807) is 26.4 Å². The zero-order valence-corrected chi connectivity index (χ0v) is 19.0. The van der Waals surface area contributed by atoms with Gasteiger partial charge in [0.2, 0.25) is 11.7 Å². The predicted octanol–water partition coefficient (Wildman–Crippen LogP) is 4.49. The summed E-state index contributed by atoms with van der Waals surface area (Å²) in [5.74, 6) is 2.81. The number of rotatable bonds is 9. The maximum absolute atomic E-state index is 13.2. The molecule has 0 atom stereocenters. The summed E-state index contributed by atoms with van der Waals surface area (Å²) in [5.41, 5.74) is 0.822. The minimum atomic E-state index is -0.103. The Morgan fingerprint density at radius 2 is 1.73 bits per heavy atom. The van der Waals surface area contributed by atoms with Crippen molar-refractivity contribution in [2.75, 3.05) is 20.8 Å². The molecule has 8 heteroatoms. The predicted molar refractivity (Wildman–Crippen MR) is 122 cm³/mol. The summed E-state index contributed by atoms with van der Waals surface area (Å²) in [4.78, 5) is 19.5. The van der Waals surface area contributed by atoms with E-state index in [1.165, 1.54) is 6.42 Å². The second-order valence-corrected chi connectivity index (χ2v) is 8.02. The van der Waals surface area contributed by atoms with Crippen LogP contribution in [0.1, 0.15) is 38.0 Å². The van der Waals surface area contributed by atoms with Crippen LogP contribution in [0.25, 0.3) is 11.4 Å². The SMILES string of the molecule is COc1ccc(-c2noc(CN(C(=O)COc3cccc(OC)c3)C3CCCCC3)n2)cc1. The number of methoxy groups -OCH3 is 2. The largest absolute Gasteiger partial charge is 0.497 e. The van der Waals surface area contributed by atoms with Gasteiger partial charge in [-0.15, -0.1) is 0 Å². The number of ether oxygens (including phenoxy) is 3. The van der Waals surface area contributed by atoms with E-state index in [1.807, 2.05) is 41.3 Å². The fourth-order valence-corrected chi connectivity index (χ4v) is 4.05. The van der Waals surface area contributed by atoms with Crippen molar-refractivity contribution >= 4 is 5.91 Å². The Kier molecular flexibility index (Phi) is 7.44. The molecule has 2 aromatic carbocycles. The molecule has 0 radical (unpaired) electrons. The molecule has 0 bridgehead atoms. The number of nitrogens with zero attached hydrogens (tertiary/aromatic N) is 3. The van der Waals surface area contributed by atoms with Gasteiger partial charge in [0.05, 0.1) is 14.2 Å². The maximum atomic E-state index is 13.2. The van der Waals surface area contributed by atoms with Gasteiger partial charge in [-0.1, -0.05) is 30.5 Å². The molecule has 1 aliphatic carbocycles. The first-order chi connectivity index (χ1) is 16.2. The van der Waals surface area contributed by atoms with Gasteiger partial charge in [-0.25, -0.2) is 0 Å². The topological polar surface area (TPSA) is 86.9 Å². The second kappa shape index (κ2) is 10.8. The van der Waals surface area contributed by atoms with Gasteiger partial charge < -0.3 is 23.6 Å². The minimum absolute atomic E-state index is 0.0663. The lowest BCUT2D eigenvalue weighted by Crippen LogP contribution is -2.43. The van der Waals surface area contributed by atoms with Crippen molar-refractivity contribution in [3.05, 3.63) is 54.4 Å². The Hall–Kier alpha value is -3.55. The number of carbonyl (C=O) groups excluding carboxylic acids is 1. The average Bonchev–Trinajstić information content (AvgIpc) is 3.35. The molecule has 0 saturated heterocycles. The van der Waals surface area contributed by atoms with Crippen LogP contribution in [0.3, 0.4) is 0 Å². The number of amides is 1. The molecule has 0 N–H and O–H groups in total. The maximum Gasteiger partial charge on any atom is 0.261 e. The van der Waals surface area contributed by atoms with Gasteiger partial charge in [0, 0.05) is 17.7 Å². The highest BCUT2D eigenvalue weighted by Crippen LogP contribution is 2.26. The lowest BCUT2D eigenvalue weighted by atomic mass is 9.94. The van der Waals surface area contributed by atoms with Gasteiger partial charge in [-0.2, -0.15) is 4.98 Å².